The number of hydrogen-bond donors (Lipinski definition) is 2. The molecule has 1 aromatic rings. The average Bonchev–Trinajstić information content (AvgIpc) is 2.47. The van der Waals surface area contributed by atoms with Crippen molar-refractivity contribution in [3.63, 3.8) is 0 Å². The summed E-state index contributed by atoms with van der Waals surface area (Å²) < 4.78 is 0. The van der Waals surface area contributed by atoms with Gasteiger partial charge in [-0.3, -0.25) is 4.79 Å². The summed E-state index contributed by atoms with van der Waals surface area (Å²) in [6.45, 7) is 8.98. The standard InChI is InChI=1S/C15H24ClN3O/c1-5-15(6-2,7-3)19-14(20)11-9-12(16)13(17-8-4)18-10-11/h9-10H,5-8H2,1-4H3,(H,17,18)(H,19,20). The maximum Gasteiger partial charge on any atom is 0.253 e. The summed E-state index contributed by atoms with van der Waals surface area (Å²) in [5, 5.41) is 6.63. The van der Waals surface area contributed by atoms with Gasteiger partial charge in [0.05, 0.1) is 10.6 Å². The van der Waals surface area contributed by atoms with E-state index in [4.69, 9.17) is 11.6 Å². The van der Waals surface area contributed by atoms with Gasteiger partial charge in [0.1, 0.15) is 5.82 Å². The summed E-state index contributed by atoms with van der Waals surface area (Å²) in [5.41, 5.74) is 0.348. The number of rotatable bonds is 7. The Hall–Kier alpha value is -1.29. The van der Waals surface area contributed by atoms with Crippen LogP contribution in [-0.2, 0) is 0 Å². The summed E-state index contributed by atoms with van der Waals surface area (Å²) in [4.78, 5) is 16.5. The predicted octanol–water partition coefficient (Wildman–Crippen LogP) is 3.87. The Balaban J connectivity index is 2.90. The van der Waals surface area contributed by atoms with Crippen molar-refractivity contribution < 1.29 is 4.79 Å². The lowest BCUT2D eigenvalue weighted by molar-refractivity contribution is 0.0888. The zero-order valence-corrected chi connectivity index (χ0v) is 13.5. The molecule has 0 aromatic carbocycles. The maximum absolute atomic E-state index is 12.3. The number of carbonyl (C=O) groups excluding carboxylic acids is 1. The number of carbonyl (C=O) groups is 1. The van der Waals surface area contributed by atoms with Gasteiger partial charge in [-0.1, -0.05) is 32.4 Å². The first-order valence-electron chi connectivity index (χ1n) is 7.23. The molecule has 20 heavy (non-hydrogen) atoms. The first-order chi connectivity index (χ1) is 9.51. The van der Waals surface area contributed by atoms with Gasteiger partial charge in [-0.05, 0) is 32.3 Å². The van der Waals surface area contributed by atoms with Crippen molar-refractivity contribution in [2.75, 3.05) is 11.9 Å². The van der Waals surface area contributed by atoms with Gasteiger partial charge in [-0.2, -0.15) is 0 Å². The number of aromatic nitrogens is 1. The molecule has 0 bridgehead atoms. The number of hydrogen-bond acceptors (Lipinski definition) is 3. The van der Waals surface area contributed by atoms with Gasteiger partial charge >= 0.3 is 0 Å². The summed E-state index contributed by atoms with van der Waals surface area (Å²) >= 11 is 6.12. The fourth-order valence-corrected chi connectivity index (χ4v) is 2.42. The lowest BCUT2D eigenvalue weighted by atomic mass is 9.89. The first kappa shape index (κ1) is 16.8. The van der Waals surface area contributed by atoms with Crippen LogP contribution in [0.3, 0.4) is 0 Å². The van der Waals surface area contributed by atoms with Crippen LogP contribution in [0.25, 0.3) is 0 Å². The molecule has 0 aliphatic heterocycles. The topological polar surface area (TPSA) is 54.0 Å². The third kappa shape index (κ3) is 3.85. The first-order valence-corrected chi connectivity index (χ1v) is 7.61. The molecule has 4 nitrogen and oxygen atoms in total. The average molecular weight is 298 g/mol. The molecule has 0 aliphatic rings. The molecular weight excluding hydrogens is 274 g/mol. The van der Waals surface area contributed by atoms with E-state index in [0.717, 1.165) is 25.8 Å². The van der Waals surface area contributed by atoms with E-state index in [2.05, 4.69) is 36.4 Å². The maximum atomic E-state index is 12.3. The van der Waals surface area contributed by atoms with Crippen LogP contribution in [0.4, 0.5) is 5.82 Å². The van der Waals surface area contributed by atoms with Crippen molar-refractivity contribution in [2.45, 2.75) is 52.5 Å². The van der Waals surface area contributed by atoms with E-state index < -0.39 is 0 Å². The fraction of sp³-hybridized carbons (Fsp3) is 0.600. The van der Waals surface area contributed by atoms with Crippen LogP contribution in [0.15, 0.2) is 12.3 Å². The van der Waals surface area contributed by atoms with Gasteiger partial charge in [0.2, 0.25) is 0 Å². The third-order valence-corrected chi connectivity index (χ3v) is 4.14. The van der Waals surface area contributed by atoms with Crippen molar-refractivity contribution in [1.82, 2.24) is 10.3 Å². The number of halogens is 1. The predicted molar refractivity (Wildman–Crippen MR) is 84.5 cm³/mol. The number of anilines is 1. The van der Waals surface area contributed by atoms with E-state index in [9.17, 15) is 4.79 Å². The van der Waals surface area contributed by atoms with E-state index in [0.29, 0.717) is 16.4 Å². The second-order valence-corrected chi connectivity index (χ2v) is 5.29. The SMILES string of the molecule is CCNc1ncc(C(=O)NC(CC)(CC)CC)cc1Cl. The summed E-state index contributed by atoms with van der Waals surface area (Å²) in [6, 6.07) is 1.66. The molecule has 0 spiro atoms. The second kappa shape index (κ2) is 7.48. The smallest absolute Gasteiger partial charge is 0.253 e. The highest BCUT2D eigenvalue weighted by Gasteiger charge is 2.26. The molecule has 0 unspecified atom stereocenters. The normalized spacial score (nSPS) is 11.2. The Labute approximate surface area is 126 Å². The van der Waals surface area contributed by atoms with Crippen LogP contribution in [0.1, 0.15) is 57.3 Å². The van der Waals surface area contributed by atoms with Crippen molar-refractivity contribution in [3.8, 4) is 0 Å². The highest BCUT2D eigenvalue weighted by atomic mass is 35.5. The zero-order valence-electron chi connectivity index (χ0n) is 12.7. The largest absolute Gasteiger partial charge is 0.369 e. The van der Waals surface area contributed by atoms with Gasteiger partial charge in [-0.15, -0.1) is 0 Å². The highest BCUT2D eigenvalue weighted by Crippen LogP contribution is 2.22. The van der Waals surface area contributed by atoms with Crippen molar-refractivity contribution in [1.29, 1.82) is 0 Å². The van der Waals surface area contributed by atoms with E-state index in [1.165, 1.54) is 0 Å². The van der Waals surface area contributed by atoms with E-state index >= 15 is 0 Å². The Morgan fingerprint density at radius 2 is 1.85 bits per heavy atom. The van der Waals surface area contributed by atoms with Gasteiger partial charge in [0, 0.05) is 18.3 Å². The van der Waals surface area contributed by atoms with E-state index in [-0.39, 0.29) is 11.4 Å². The van der Waals surface area contributed by atoms with Crippen LogP contribution in [-0.4, -0.2) is 23.0 Å². The minimum absolute atomic E-state index is 0.118. The Kier molecular flexibility index (Phi) is 6.27. The molecule has 112 valence electrons. The minimum atomic E-state index is -0.149. The van der Waals surface area contributed by atoms with Crippen molar-refractivity contribution in [2.24, 2.45) is 0 Å². The lowest BCUT2D eigenvalue weighted by Gasteiger charge is -2.31. The third-order valence-electron chi connectivity index (χ3n) is 3.86. The monoisotopic (exact) mass is 297 g/mol. The van der Waals surface area contributed by atoms with Gasteiger partial charge in [0.15, 0.2) is 0 Å². The van der Waals surface area contributed by atoms with Crippen LogP contribution < -0.4 is 10.6 Å². The Morgan fingerprint density at radius 1 is 1.25 bits per heavy atom. The molecule has 1 amide bonds. The molecule has 0 radical (unpaired) electrons. The molecule has 0 saturated heterocycles. The lowest BCUT2D eigenvalue weighted by Crippen LogP contribution is -2.47. The summed E-state index contributed by atoms with van der Waals surface area (Å²) in [6.07, 6.45) is 4.28. The minimum Gasteiger partial charge on any atom is -0.369 e. The summed E-state index contributed by atoms with van der Waals surface area (Å²) in [7, 11) is 0. The molecule has 0 aliphatic carbocycles. The molecule has 2 N–H and O–H groups in total. The van der Waals surface area contributed by atoms with Crippen LogP contribution in [0.2, 0.25) is 5.02 Å². The number of nitrogens with one attached hydrogen (secondary N) is 2. The number of pyridine rings is 1. The van der Waals surface area contributed by atoms with Crippen LogP contribution in [0, 0.1) is 0 Å². The van der Waals surface area contributed by atoms with Crippen molar-refractivity contribution >= 4 is 23.3 Å². The van der Waals surface area contributed by atoms with Gasteiger partial charge in [0.25, 0.3) is 5.91 Å². The fourth-order valence-electron chi connectivity index (χ4n) is 2.19. The quantitative estimate of drug-likeness (QED) is 0.803. The number of nitrogens with zero attached hydrogens (tertiary/aromatic N) is 1. The van der Waals surface area contributed by atoms with E-state index in [1.54, 1.807) is 12.3 Å². The van der Waals surface area contributed by atoms with Gasteiger partial charge < -0.3 is 10.6 Å². The Bertz CT molecular complexity index is 450. The molecule has 5 heteroatoms. The molecule has 1 rings (SSSR count). The molecular formula is C15H24ClN3O. The molecule has 0 atom stereocenters. The molecule has 1 heterocycles. The highest BCUT2D eigenvalue weighted by molar-refractivity contribution is 6.33. The Morgan fingerprint density at radius 3 is 2.30 bits per heavy atom. The van der Waals surface area contributed by atoms with Crippen LogP contribution in [0.5, 0.6) is 0 Å². The zero-order chi connectivity index (χ0) is 15.2. The molecule has 0 fully saturated rings. The second-order valence-electron chi connectivity index (χ2n) is 4.88. The number of amides is 1. The van der Waals surface area contributed by atoms with Gasteiger partial charge in [-0.25, -0.2) is 4.98 Å². The summed E-state index contributed by atoms with van der Waals surface area (Å²) in [5.74, 6) is 0.492. The van der Waals surface area contributed by atoms with Crippen molar-refractivity contribution in [3.05, 3.63) is 22.8 Å². The van der Waals surface area contributed by atoms with Crippen LogP contribution >= 0.6 is 11.6 Å². The molecule has 1 aromatic heterocycles. The molecule has 0 saturated carbocycles. The van der Waals surface area contributed by atoms with E-state index in [1.807, 2.05) is 6.92 Å².